The Bertz CT molecular complexity index is 1050. The first-order chi connectivity index (χ1) is 12.7. The predicted molar refractivity (Wildman–Crippen MR) is 102 cm³/mol. The van der Waals surface area contributed by atoms with E-state index in [-0.39, 0.29) is 12.3 Å². The highest BCUT2D eigenvalue weighted by atomic mass is 32.1. The third-order valence-electron chi connectivity index (χ3n) is 3.92. The van der Waals surface area contributed by atoms with Gasteiger partial charge >= 0.3 is 0 Å². The minimum Gasteiger partial charge on any atom is -0.349 e. The van der Waals surface area contributed by atoms with Gasteiger partial charge in [0.15, 0.2) is 0 Å². The quantitative estimate of drug-likeness (QED) is 0.570. The largest absolute Gasteiger partial charge is 0.349 e. The SMILES string of the molecule is Cc1ccc2nc(CNC(=O)Cc3csc(-c4ccccn4)n3)[nH]c2c1. The van der Waals surface area contributed by atoms with Crippen molar-refractivity contribution in [1.29, 1.82) is 0 Å². The summed E-state index contributed by atoms with van der Waals surface area (Å²) in [6, 6.07) is 11.7. The first-order valence-electron chi connectivity index (χ1n) is 8.25. The van der Waals surface area contributed by atoms with Crippen molar-refractivity contribution >= 4 is 28.3 Å². The van der Waals surface area contributed by atoms with Crippen molar-refractivity contribution in [3.05, 3.63) is 65.1 Å². The maximum atomic E-state index is 12.2. The lowest BCUT2D eigenvalue weighted by molar-refractivity contribution is -0.120. The predicted octanol–water partition coefficient (Wildman–Crippen LogP) is 3.25. The molecule has 6 nitrogen and oxygen atoms in total. The number of hydrogen-bond acceptors (Lipinski definition) is 5. The third-order valence-corrected chi connectivity index (χ3v) is 4.83. The van der Waals surface area contributed by atoms with E-state index in [2.05, 4.69) is 25.3 Å². The van der Waals surface area contributed by atoms with Crippen molar-refractivity contribution in [2.45, 2.75) is 19.9 Å². The highest BCUT2D eigenvalue weighted by Gasteiger charge is 2.10. The zero-order valence-electron chi connectivity index (χ0n) is 14.2. The summed E-state index contributed by atoms with van der Waals surface area (Å²) in [6.07, 6.45) is 1.97. The number of H-pyrrole nitrogens is 1. The number of nitrogens with one attached hydrogen (secondary N) is 2. The number of nitrogens with zero attached hydrogens (tertiary/aromatic N) is 3. The maximum absolute atomic E-state index is 12.2. The molecule has 0 aliphatic carbocycles. The Morgan fingerprint density at radius 3 is 3.00 bits per heavy atom. The highest BCUT2D eigenvalue weighted by molar-refractivity contribution is 7.13. The lowest BCUT2D eigenvalue weighted by atomic mass is 10.2. The zero-order chi connectivity index (χ0) is 17.9. The van der Waals surface area contributed by atoms with Crippen LogP contribution in [0.3, 0.4) is 0 Å². The van der Waals surface area contributed by atoms with Crippen LogP contribution in [0.1, 0.15) is 17.1 Å². The Balaban J connectivity index is 1.37. The van der Waals surface area contributed by atoms with Gasteiger partial charge in [0, 0.05) is 11.6 Å². The van der Waals surface area contributed by atoms with Gasteiger partial charge in [0.2, 0.25) is 5.91 Å². The standard InChI is InChI=1S/C19H17N5OS/c1-12-5-6-14-16(8-12)24-17(23-14)10-21-18(25)9-13-11-26-19(22-13)15-4-2-3-7-20-15/h2-8,11H,9-10H2,1H3,(H,21,25)(H,23,24). The van der Waals surface area contributed by atoms with Gasteiger partial charge in [0.25, 0.3) is 0 Å². The number of fused-ring (bicyclic) bond motifs is 1. The minimum atomic E-state index is -0.0838. The Labute approximate surface area is 154 Å². The first kappa shape index (κ1) is 16.4. The molecule has 0 radical (unpaired) electrons. The fourth-order valence-electron chi connectivity index (χ4n) is 2.66. The summed E-state index contributed by atoms with van der Waals surface area (Å²) in [4.78, 5) is 28.7. The molecule has 3 aromatic heterocycles. The summed E-state index contributed by atoms with van der Waals surface area (Å²) in [5.41, 5.74) is 4.62. The monoisotopic (exact) mass is 363 g/mol. The lowest BCUT2D eigenvalue weighted by Gasteiger charge is -2.01. The van der Waals surface area contributed by atoms with Gasteiger partial charge in [-0.15, -0.1) is 11.3 Å². The molecule has 0 saturated heterocycles. The summed E-state index contributed by atoms with van der Waals surface area (Å²) >= 11 is 1.49. The van der Waals surface area contributed by atoms with E-state index in [0.717, 1.165) is 33.3 Å². The molecule has 3 heterocycles. The van der Waals surface area contributed by atoms with Gasteiger partial charge in [-0.3, -0.25) is 9.78 Å². The highest BCUT2D eigenvalue weighted by Crippen LogP contribution is 2.21. The Hall–Kier alpha value is -3.06. The van der Waals surface area contributed by atoms with Gasteiger partial charge in [-0.05, 0) is 36.8 Å². The van der Waals surface area contributed by atoms with Crippen molar-refractivity contribution in [3.8, 4) is 10.7 Å². The average Bonchev–Trinajstić information content (AvgIpc) is 3.27. The second kappa shape index (κ2) is 7.05. The molecule has 1 amide bonds. The zero-order valence-corrected chi connectivity index (χ0v) is 15.0. The molecule has 0 unspecified atom stereocenters. The molecule has 0 aliphatic heterocycles. The van der Waals surface area contributed by atoms with E-state index in [1.165, 1.54) is 16.9 Å². The van der Waals surface area contributed by atoms with Gasteiger partial charge in [0.05, 0.1) is 35.4 Å². The molecule has 130 valence electrons. The molecule has 26 heavy (non-hydrogen) atoms. The second-order valence-electron chi connectivity index (χ2n) is 6.02. The molecule has 4 rings (SSSR count). The van der Waals surface area contributed by atoms with E-state index < -0.39 is 0 Å². The number of aromatic amines is 1. The van der Waals surface area contributed by atoms with Crippen LogP contribution in [-0.4, -0.2) is 25.8 Å². The molecule has 1 aromatic carbocycles. The molecule has 2 N–H and O–H groups in total. The molecule has 0 atom stereocenters. The number of benzene rings is 1. The van der Waals surface area contributed by atoms with Gasteiger partial charge < -0.3 is 10.3 Å². The van der Waals surface area contributed by atoms with Gasteiger partial charge in [0.1, 0.15) is 10.8 Å². The van der Waals surface area contributed by atoms with E-state index in [4.69, 9.17) is 0 Å². The fraction of sp³-hybridized carbons (Fsp3) is 0.158. The second-order valence-corrected chi connectivity index (χ2v) is 6.87. The molecule has 7 heteroatoms. The summed E-state index contributed by atoms with van der Waals surface area (Å²) in [5.74, 6) is 0.658. The Kier molecular flexibility index (Phi) is 4.45. The third kappa shape index (κ3) is 3.62. The molecule has 4 aromatic rings. The lowest BCUT2D eigenvalue weighted by Crippen LogP contribution is -2.25. The number of carbonyl (C=O) groups is 1. The summed E-state index contributed by atoms with van der Waals surface area (Å²) in [5, 5.41) is 5.61. The van der Waals surface area contributed by atoms with E-state index in [1.807, 2.05) is 48.7 Å². The van der Waals surface area contributed by atoms with E-state index in [1.54, 1.807) is 6.20 Å². The number of amides is 1. The van der Waals surface area contributed by atoms with Crippen LogP contribution in [0.15, 0.2) is 48.0 Å². The fourth-order valence-corrected chi connectivity index (χ4v) is 3.46. The van der Waals surface area contributed by atoms with Crippen LogP contribution in [0.2, 0.25) is 0 Å². The molecular formula is C19H17N5OS. The number of aryl methyl sites for hydroxylation is 1. The van der Waals surface area contributed by atoms with Crippen LogP contribution >= 0.6 is 11.3 Å². The van der Waals surface area contributed by atoms with Crippen molar-refractivity contribution in [3.63, 3.8) is 0 Å². The normalized spacial score (nSPS) is 11.0. The van der Waals surface area contributed by atoms with Crippen molar-refractivity contribution < 1.29 is 4.79 Å². The topological polar surface area (TPSA) is 83.6 Å². The molecule has 0 saturated carbocycles. The maximum Gasteiger partial charge on any atom is 0.226 e. The first-order valence-corrected chi connectivity index (χ1v) is 9.13. The van der Waals surface area contributed by atoms with E-state index >= 15 is 0 Å². The number of rotatable bonds is 5. The Morgan fingerprint density at radius 2 is 2.15 bits per heavy atom. The number of carbonyl (C=O) groups excluding carboxylic acids is 1. The van der Waals surface area contributed by atoms with E-state index in [9.17, 15) is 4.79 Å². The minimum absolute atomic E-state index is 0.0838. The molecule has 0 spiro atoms. The van der Waals surface area contributed by atoms with Gasteiger partial charge in [-0.1, -0.05) is 12.1 Å². The van der Waals surface area contributed by atoms with Gasteiger partial charge in [-0.25, -0.2) is 9.97 Å². The number of aromatic nitrogens is 4. The summed E-state index contributed by atoms with van der Waals surface area (Å²) in [7, 11) is 0. The van der Waals surface area contributed by atoms with Gasteiger partial charge in [-0.2, -0.15) is 0 Å². The van der Waals surface area contributed by atoms with Crippen molar-refractivity contribution in [2.75, 3.05) is 0 Å². The van der Waals surface area contributed by atoms with Crippen molar-refractivity contribution in [2.24, 2.45) is 0 Å². The van der Waals surface area contributed by atoms with E-state index in [0.29, 0.717) is 6.54 Å². The molecular weight excluding hydrogens is 346 g/mol. The van der Waals surface area contributed by atoms with Crippen LogP contribution in [0, 0.1) is 6.92 Å². The summed E-state index contributed by atoms with van der Waals surface area (Å²) < 4.78 is 0. The average molecular weight is 363 g/mol. The molecule has 0 aliphatic rings. The van der Waals surface area contributed by atoms with Crippen LogP contribution in [-0.2, 0) is 17.8 Å². The van der Waals surface area contributed by atoms with Crippen LogP contribution in [0.5, 0.6) is 0 Å². The number of pyridine rings is 1. The van der Waals surface area contributed by atoms with Crippen LogP contribution in [0.4, 0.5) is 0 Å². The number of imidazole rings is 1. The molecule has 0 fully saturated rings. The summed E-state index contributed by atoms with van der Waals surface area (Å²) in [6.45, 7) is 2.40. The smallest absolute Gasteiger partial charge is 0.226 e. The number of hydrogen-bond donors (Lipinski definition) is 2. The Morgan fingerprint density at radius 1 is 1.23 bits per heavy atom. The van der Waals surface area contributed by atoms with Crippen molar-refractivity contribution in [1.82, 2.24) is 25.3 Å². The van der Waals surface area contributed by atoms with Crippen LogP contribution < -0.4 is 5.32 Å². The molecule has 0 bridgehead atoms. The van der Waals surface area contributed by atoms with Crippen LogP contribution in [0.25, 0.3) is 21.7 Å². The number of thiazole rings is 1.